The van der Waals surface area contributed by atoms with E-state index in [1.54, 1.807) is 24.3 Å². The molecule has 0 radical (unpaired) electrons. The summed E-state index contributed by atoms with van der Waals surface area (Å²) < 4.78 is 13.2. The molecule has 32 heavy (non-hydrogen) atoms. The first-order valence-corrected chi connectivity index (χ1v) is 11.0. The van der Waals surface area contributed by atoms with Crippen LogP contribution in [0.2, 0.25) is 5.02 Å². The standard InChI is InChI=1S/C24H31ClFN3O2.ClH/c1-28(2)15-20-16-29(11-4-6-17-8-9-21(26)14-22(17)25)12-10-24(20,31)19-7-3-5-18(13-19)23(27)30;/h3,5,7-9,13-14,20,31H,4,6,10-12,15-16H2,1-2H3,(H2,27,30);1H/t20-,24-;/m1./s1. The Labute approximate surface area is 200 Å². The number of hydrogen-bond acceptors (Lipinski definition) is 4. The molecule has 2 aromatic rings. The highest BCUT2D eigenvalue weighted by Crippen LogP contribution is 2.38. The Morgan fingerprint density at radius 3 is 2.72 bits per heavy atom. The molecule has 1 fully saturated rings. The number of aryl methyl sites for hydroxylation is 1. The summed E-state index contributed by atoms with van der Waals surface area (Å²) in [5.41, 5.74) is 6.53. The second kappa shape index (κ2) is 11.4. The lowest BCUT2D eigenvalue weighted by Gasteiger charge is -2.46. The fourth-order valence-corrected chi connectivity index (χ4v) is 4.74. The second-order valence-corrected chi connectivity index (χ2v) is 9.13. The zero-order chi connectivity index (χ0) is 22.6. The van der Waals surface area contributed by atoms with E-state index in [0.717, 1.165) is 50.1 Å². The number of halogens is 3. The molecule has 2 aromatic carbocycles. The smallest absolute Gasteiger partial charge is 0.248 e. The molecule has 3 N–H and O–H groups in total. The largest absolute Gasteiger partial charge is 0.385 e. The Bertz CT molecular complexity index is 928. The summed E-state index contributed by atoms with van der Waals surface area (Å²) in [5.74, 6) is -0.837. The van der Waals surface area contributed by atoms with Crippen LogP contribution in [0.15, 0.2) is 42.5 Å². The summed E-state index contributed by atoms with van der Waals surface area (Å²) >= 11 is 6.15. The Balaban J connectivity index is 0.00000363. The zero-order valence-electron chi connectivity index (χ0n) is 18.6. The minimum absolute atomic E-state index is 0. The summed E-state index contributed by atoms with van der Waals surface area (Å²) in [6.07, 6.45) is 2.25. The van der Waals surface area contributed by atoms with Crippen LogP contribution in [-0.2, 0) is 12.0 Å². The van der Waals surface area contributed by atoms with E-state index in [2.05, 4.69) is 9.80 Å². The topological polar surface area (TPSA) is 69.8 Å². The number of aliphatic hydroxyl groups is 1. The highest BCUT2D eigenvalue weighted by Gasteiger charge is 2.43. The van der Waals surface area contributed by atoms with Crippen molar-refractivity contribution in [2.45, 2.75) is 24.9 Å². The Kier molecular flexibility index (Phi) is 9.49. The molecule has 0 spiro atoms. The maximum absolute atomic E-state index is 13.2. The van der Waals surface area contributed by atoms with Crippen molar-refractivity contribution in [1.82, 2.24) is 9.80 Å². The van der Waals surface area contributed by atoms with E-state index in [0.29, 0.717) is 17.0 Å². The van der Waals surface area contributed by atoms with Crippen molar-refractivity contribution in [3.05, 3.63) is 70.0 Å². The molecule has 0 aliphatic carbocycles. The van der Waals surface area contributed by atoms with Gasteiger partial charge in [0, 0.05) is 36.1 Å². The maximum Gasteiger partial charge on any atom is 0.248 e. The SMILES string of the molecule is CN(C)C[C@@H]1CN(CCCc2ccc(F)cc2Cl)CC[C@@]1(O)c1cccc(C(N)=O)c1.Cl. The Morgan fingerprint density at radius 1 is 1.31 bits per heavy atom. The molecule has 5 nitrogen and oxygen atoms in total. The molecule has 1 saturated heterocycles. The van der Waals surface area contributed by atoms with Crippen LogP contribution in [0.1, 0.15) is 34.3 Å². The van der Waals surface area contributed by atoms with Crippen LogP contribution in [0, 0.1) is 11.7 Å². The molecule has 1 aliphatic rings. The van der Waals surface area contributed by atoms with Gasteiger partial charge in [0.15, 0.2) is 0 Å². The second-order valence-electron chi connectivity index (χ2n) is 8.72. The predicted molar refractivity (Wildman–Crippen MR) is 129 cm³/mol. The van der Waals surface area contributed by atoms with E-state index in [-0.39, 0.29) is 24.1 Å². The van der Waals surface area contributed by atoms with Gasteiger partial charge in [-0.25, -0.2) is 4.39 Å². The van der Waals surface area contributed by atoms with Crippen LogP contribution in [0.3, 0.4) is 0 Å². The molecule has 8 heteroatoms. The summed E-state index contributed by atoms with van der Waals surface area (Å²) in [5, 5.41) is 12.1. The van der Waals surface area contributed by atoms with E-state index in [1.807, 2.05) is 20.2 Å². The molecule has 0 unspecified atom stereocenters. The van der Waals surface area contributed by atoms with Crippen LogP contribution in [0.4, 0.5) is 4.39 Å². The number of rotatable bonds is 8. The molecule has 0 bridgehead atoms. The number of nitrogens with two attached hydrogens (primary N) is 1. The first kappa shape index (κ1) is 26.6. The van der Waals surface area contributed by atoms with Crippen molar-refractivity contribution < 1.29 is 14.3 Å². The zero-order valence-corrected chi connectivity index (χ0v) is 20.1. The first-order valence-electron chi connectivity index (χ1n) is 10.6. The van der Waals surface area contributed by atoms with Gasteiger partial charge in [0.2, 0.25) is 5.91 Å². The molecule has 176 valence electrons. The van der Waals surface area contributed by atoms with Crippen LogP contribution in [0.5, 0.6) is 0 Å². The third-order valence-electron chi connectivity index (χ3n) is 6.13. The van der Waals surface area contributed by atoms with Crippen molar-refractivity contribution in [3.63, 3.8) is 0 Å². The van der Waals surface area contributed by atoms with Gasteiger partial charge in [0.25, 0.3) is 0 Å². The Hall–Kier alpha value is -1.70. The highest BCUT2D eigenvalue weighted by molar-refractivity contribution is 6.31. The van der Waals surface area contributed by atoms with Crippen LogP contribution in [0.25, 0.3) is 0 Å². The minimum Gasteiger partial charge on any atom is -0.385 e. The van der Waals surface area contributed by atoms with E-state index < -0.39 is 11.5 Å². The van der Waals surface area contributed by atoms with Crippen LogP contribution >= 0.6 is 24.0 Å². The molecule has 1 heterocycles. The van der Waals surface area contributed by atoms with Crippen molar-refractivity contribution in [1.29, 1.82) is 0 Å². The molecule has 3 rings (SSSR count). The summed E-state index contributed by atoms with van der Waals surface area (Å²) in [4.78, 5) is 16.1. The number of primary amides is 1. The number of nitrogens with zero attached hydrogens (tertiary/aromatic N) is 2. The van der Waals surface area contributed by atoms with Crippen molar-refractivity contribution in [3.8, 4) is 0 Å². The van der Waals surface area contributed by atoms with E-state index in [1.165, 1.54) is 12.1 Å². The maximum atomic E-state index is 13.2. The quantitative estimate of drug-likeness (QED) is 0.600. The third-order valence-corrected chi connectivity index (χ3v) is 6.48. The normalized spacial score (nSPS) is 21.4. The monoisotopic (exact) mass is 483 g/mol. The lowest BCUT2D eigenvalue weighted by Crippen LogP contribution is -2.53. The summed E-state index contributed by atoms with van der Waals surface area (Å²) in [6.45, 7) is 3.08. The summed E-state index contributed by atoms with van der Waals surface area (Å²) in [7, 11) is 3.99. The number of likely N-dealkylation sites (tertiary alicyclic amines) is 1. The third kappa shape index (κ3) is 6.42. The van der Waals surface area contributed by atoms with E-state index in [4.69, 9.17) is 17.3 Å². The van der Waals surface area contributed by atoms with Gasteiger partial charge in [-0.1, -0.05) is 29.8 Å². The van der Waals surface area contributed by atoms with Gasteiger partial charge in [-0.2, -0.15) is 0 Å². The van der Waals surface area contributed by atoms with Gasteiger partial charge in [0.1, 0.15) is 5.82 Å². The summed E-state index contributed by atoms with van der Waals surface area (Å²) in [6, 6.07) is 11.6. The molecule has 0 saturated carbocycles. The lowest BCUT2D eigenvalue weighted by atomic mass is 9.75. The highest BCUT2D eigenvalue weighted by atomic mass is 35.5. The first-order chi connectivity index (χ1) is 14.7. The number of hydrogen-bond donors (Lipinski definition) is 2. The molecule has 0 aromatic heterocycles. The van der Waals surface area contributed by atoms with E-state index in [9.17, 15) is 14.3 Å². The number of carbonyl (C=O) groups excluding carboxylic acids is 1. The molecular weight excluding hydrogens is 452 g/mol. The van der Waals surface area contributed by atoms with Gasteiger partial charge < -0.3 is 20.6 Å². The van der Waals surface area contributed by atoms with Crippen LogP contribution in [-0.4, -0.2) is 61.1 Å². The molecular formula is C24H32Cl2FN3O2. The lowest BCUT2D eigenvalue weighted by molar-refractivity contribution is -0.0846. The van der Waals surface area contributed by atoms with Crippen LogP contribution < -0.4 is 5.73 Å². The number of amides is 1. The molecule has 1 aliphatic heterocycles. The fraction of sp³-hybridized carbons (Fsp3) is 0.458. The fourth-order valence-electron chi connectivity index (χ4n) is 4.48. The van der Waals surface area contributed by atoms with Gasteiger partial charge in [-0.15, -0.1) is 12.4 Å². The van der Waals surface area contributed by atoms with Gasteiger partial charge >= 0.3 is 0 Å². The molecule has 2 atom stereocenters. The number of carbonyl (C=O) groups is 1. The predicted octanol–water partition coefficient (Wildman–Crippen LogP) is 3.70. The average Bonchev–Trinajstić information content (AvgIpc) is 2.71. The van der Waals surface area contributed by atoms with E-state index >= 15 is 0 Å². The Morgan fingerprint density at radius 2 is 2.06 bits per heavy atom. The molecule has 1 amide bonds. The van der Waals surface area contributed by atoms with Crippen molar-refractivity contribution >= 4 is 29.9 Å². The average molecular weight is 484 g/mol. The number of benzene rings is 2. The van der Waals surface area contributed by atoms with Gasteiger partial charge in [0.05, 0.1) is 5.60 Å². The van der Waals surface area contributed by atoms with Crippen molar-refractivity contribution in [2.24, 2.45) is 11.7 Å². The van der Waals surface area contributed by atoms with Gasteiger partial charge in [-0.05, 0) is 75.3 Å². The van der Waals surface area contributed by atoms with Crippen molar-refractivity contribution in [2.75, 3.05) is 40.3 Å². The van der Waals surface area contributed by atoms with Gasteiger partial charge in [-0.3, -0.25) is 4.79 Å². The number of piperidine rings is 1. The minimum atomic E-state index is -1.02.